The minimum atomic E-state index is -0.101. The molecule has 2 aliphatic carbocycles. The molecule has 1 aromatic heterocycles. The van der Waals surface area contributed by atoms with Crippen LogP contribution in [0.5, 0.6) is 0 Å². The van der Waals surface area contributed by atoms with Crippen molar-refractivity contribution in [2.45, 2.75) is 50.4 Å². The summed E-state index contributed by atoms with van der Waals surface area (Å²) in [6.45, 7) is 4.38. The minimum absolute atomic E-state index is 0.0544. The fourth-order valence-corrected chi connectivity index (χ4v) is 4.83. The van der Waals surface area contributed by atoms with Crippen LogP contribution >= 0.6 is 12.2 Å². The van der Waals surface area contributed by atoms with Crippen LogP contribution in [0.2, 0.25) is 0 Å². The van der Waals surface area contributed by atoms with E-state index < -0.39 is 0 Å². The van der Waals surface area contributed by atoms with E-state index in [0.717, 1.165) is 55.3 Å². The van der Waals surface area contributed by atoms with Gasteiger partial charge in [-0.25, -0.2) is 4.98 Å². The molecule has 0 amide bonds. The molecule has 4 N–H and O–H groups in total. The molecule has 1 spiro atoms. The van der Waals surface area contributed by atoms with Crippen LogP contribution in [0.25, 0.3) is 11.3 Å². The summed E-state index contributed by atoms with van der Waals surface area (Å²) in [4.78, 5) is 20.9. The second-order valence-corrected chi connectivity index (χ2v) is 8.30. The Morgan fingerprint density at radius 2 is 2.07 bits per heavy atom. The van der Waals surface area contributed by atoms with Crippen LogP contribution in [-0.4, -0.2) is 21.6 Å². The van der Waals surface area contributed by atoms with E-state index in [2.05, 4.69) is 45.9 Å². The first-order valence-corrected chi connectivity index (χ1v) is 10.7. The zero-order chi connectivity index (χ0) is 20.3. The number of aromatic nitrogens is 2. The first kappa shape index (κ1) is 19.6. The van der Waals surface area contributed by atoms with Crippen molar-refractivity contribution in [1.82, 2.24) is 20.7 Å². The Hall–Kier alpha value is -2.67. The van der Waals surface area contributed by atoms with Gasteiger partial charge in [0.2, 0.25) is 5.95 Å². The maximum Gasteiger partial charge on any atom is 0.256 e. The minimum Gasteiger partial charge on any atom is -0.361 e. The predicted octanol–water partition coefficient (Wildman–Crippen LogP) is 3.56. The molecule has 29 heavy (non-hydrogen) atoms. The number of benzene rings is 1. The molecule has 2 aromatic rings. The van der Waals surface area contributed by atoms with Gasteiger partial charge in [-0.1, -0.05) is 49.6 Å². The highest BCUT2D eigenvalue weighted by molar-refractivity contribution is 7.80. The van der Waals surface area contributed by atoms with Crippen molar-refractivity contribution in [3.63, 3.8) is 0 Å². The van der Waals surface area contributed by atoms with Crippen molar-refractivity contribution < 1.29 is 0 Å². The molecule has 152 valence electrons. The van der Waals surface area contributed by atoms with Crippen molar-refractivity contribution in [2.24, 2.45) is 0 Å². The molecule has 0 radical (unpaired) electrons. The van der Waals surface area contributed by atoms with E-state index >= 15 is 0 Å². The number of fused-ring (bicyclic) bond motifs is 4. The molecule has 0 bridgehead atoms. The summed E-state index contributed by atoms with van der Waals surface area (Å²) in [5, 5.41) is 3.50. The maximum absolute atomic E-state index is 13.2. The van der Waals surface area contributed by atoms with Crippen LogP contribution < -0.4 is 21.7 Å². The van der Waals surface area contributed by atoms with E-state index in [1.807, 2.05) is 12.1 Å². The van der Waals surface area contributed by atoms with Crippen LogP contribution in [0.1, 0.15) is 49.7 Å². The largest absolute Gasteiger partial charge is 0.361 e. The van der Waals surface area contributed by atoms with E-state index in [-0.39, 0.29) is 11.0 Å². The Bertz CT molecular complexity index is 977. The molecule has 0 atom stereocenters. The molecule has 1 aromatic carbocycles. The number of H-pyrrole nitrogens is 1. The van der Waals surface area contributed by atoms with Gasteiger partial charge in [-0.3, -0.25) is 20.6 Å². The standard InChI is InChI=1S/C22H27N5OS/c1-2-3-13-23-21(29)27-26-20-24-18-16-10-6-5-9-15(16)14-22(11-7-4-8-12-22)17(18)19(28)25-20/h2,5-6,9-10H,1,3-4,7-8,11-14H2,(H2,23,27,29)(H2,24,25,26,28). The van der Waals surface area contributed by atoms with Crippen LogP contribution in [0.4, 0.5) is 5.95 Å². The van der Waals surface area contributed by atoms with Gasteiger partial charge < -0.3 is 5.32 Å². The third kappa shape index (κ3) is 3.92. The van der Waals surface area contributed by atoms with Gasteiger partial charge in [0, 0.05) is 17.5 Å². The Labute approximate surface area is 176 Å². The van der Waals surface area contributed by atoms with Crippen molar-refractivity contribution in [3.05, 3.63) is 58.4 Å². The molecular formula is C22H27N5OS. The van der Waals surface area contributed by atoms with Gasteiger partial charge in [0.05, 0.1) is 11.3 Å². The van der Waals surface area contributed by atoms with Crippen LogP contribution in [0, 0.1) is 0 Å². The lowest BCUT2D eigenvalue weighted by atomic mass is 9.62. The number of nitrogens with one attached hydrogen (secondary N) is 4. The van der Waals surface area contributed by atoms with Crippen LogP contribution in [-0.2, 0) is 11.8 Å². The van der Waals surface area contributed by atoms with Crippen molar-refractivity contribution >= 4 is 23.3 Å². The molecule has 2 aliphatic rings. The third-order valence-corrected chi connectivity index (χ3v) is 6.24. The molecule has 0 unspecified atom stereocenters. The summed E-state index contributed by atoms with van der Waals surface area (Å²) in [6, 6.07) is 8.31. The number of hydrogen-bond donors (Lipinski definition) is 4. The van der Waals surface area contributed by atoms with Gasteiger partial charge in [0.1, 0.15) is 0 Å². The first-order valence-electron chi connectivity index (χ1n) is 10.3. The molecule has 1 saturated carbocycles. The molecule has 1 heterocycles. The average molecular weight is 410 g/mol. The fraction of sp³-hybridized carbons (Fsp3) is 0.409. The number of aromatic amines is 1. The van der Waals surface area contributed by atoms with E-state index in [1.54, 1.807) is 0 Å². The van der Waals surface area contributed by atoms with Gasteiger partial charge in [-0.15, -0.1) is 6.58 Å². The van der Waals surface area contributed by atoms with Gasteiger partial charge in [0.15, 0.2) is 5.11 Å². The second kappa shape index (κ2) is 8.37. The number of nitrogens with zero attached hydrogens (tertiary/aromatic N) is 1. The van der Waals surface area contributed by atoms with Gasteiger partial charge >= 0.3 is 0 Å². The first-order chi connectivity index (χ1) is 14.1. The zero-order valence-corrected chi connectivity index (χ0v) is 17.3. The Balaban J connectivity index is 1.66. The van der Waals surface area contributed by atoms with Crippen LogP contribution in [0.15, 0.2) is 41.7 Å². The highest BCUT2D eigenvalue weighted by atomic mass is 32.1. The van der Waals surface area contributed by atoms with Crippen molar-refractivity contribution in [3.8, 4) is 11.3 Å². The van der Waals surface area contributed by atoms with Gasteiger partial charge in [0.25, 0.3) is 5.56 Å². The summed E-state index contributed by atoms with van der Waals surface area (Å²) in [5.74, 6) is 0.365. The molecule has 7 heteroatoms. The predicted molar refractivity (Wildman–Crippen MR) is 121 cm³/mol. The fourth-order valence-electron chi connectivity index (χ4n) is 4.68. The van der Waals surface area contributed by atoms with E-state index in [4.69, 9.17) is 17.2 Å². The summed E-state index contributed by atoms with van der Waals surface area (Å²) >= 11 is 5.24. The molecule has 4 rings (SSSR count). The van der Waals surface area contributed by atoms with E-state index in [9.17, 15) is 4.79 Å². The Morgan fingerprint density at radius 1 is 1.28 bits per heavy atom. The van der Waals surface area contributed by atoms with Gasteiger partial charge in [-0.2, -0.15) is 0 Å². The van der Waals surface area contributed by atoms with Crippen molar-refractivity contribution in [1.29, 1.82) is 0 Å². The van der Waals surface area contributed by atoms with E-state index in [0.29, 0.717) is 17.6 Å². The summed E-state index contributed by atoms with van der Waals surface area (Å²) in [5.41, 5.74) is 9.66. The maximum atomic E-state index is 13.2. The number of hydrogen-bond acceptors (Lipinski definition) is 4. The Kier molecular flexibility index (Phi) is 5.67. The second-order valence-electron chi connectivity index (χ2n) is 7.90. The summed E-state index contributed by atoms with van der Waals surface area (Å²) in [7, 11) is 0. The lowest BCUT2D eigenvalue weighted by Crippen LogP contribution is -2.42. The lowest BCUT2D eigenvalue weighted by molar-refractivity contribution is 0.285. The summed E-state index contributed by atoms with van der Waals surface area (Å²) < 4.78 is 0. The molecule has 0 saturated heterocycles. The number of hydrazine groups is 1. The smallest absolute Gasteiger partial charge is 0.256 e. The van der Waals surface area contributed by atoms with Gasteiger partial charge in [-0.05, 0) is 43.5 Å². The highest BCUT2D eigenvalue weighted by Crippen LogP contribution is 2.48. The molecule has 0 aliphatic heterocycles. The number of anilines is 1. The quantitative estimate of drug-likeness (QED) is 0.262. The van der Waals surface area contributed by atoms with E-state index in [1.165, 1.54) is 12.0 Å². The summed E-state index contributed by atoms with van der Waals surface area (Å²) in [6.07, 6.45) is 9.20. The molecule has 6 nitrogen and oxygen atoms in total. The SMILES string of the molecule is C=CCCNC(=S)NNc1nc2c(c(=O)[nH]1)C1(CCCCC1)Cc1ccccc1-2. The molecule has 1 fully saturated rings. The topological polar surface area (TPSA) is 81.8 Å². The number of thiocarbonyl (C=S) groups is 1. The Morgan fingerprint density at radius 3 is 2.86 bits per heavy atom. The zero-order valence-electron chi connectivity index (χ0n) is 16.5. The lowest BCUT2D eigenvalue weighted by Gasteiger charge is -2.41. The van der Waals surface area contributed by atoms with Crippen molar-refractivity contribution in [2.75, 3.05) is 12.0 Å². The monoisotopic (exact) mass is 409 g/mol. The highest BCUT2D eigenvalue weighted by Gasteiger charge is 2.42. The third-order valence-electron chi connectivity index (χ3n) is 5.99. The normalized spacial score (nSPS) is 16.4. The molecular weight excluding hydrogens is 382 g/mol. The number of rotatable bonds is 5. The van der Waals surface area contributed by atoms with Crippen LogP contribution in [0.3, 0.4) is 0 Å². The average Bonchev–Trinajstić information content (AvgIpc) is 2.73.